The van der Waals surface area contributed by atoms with Gasteiger partial charge in [-0.2, -0.15) is 13.2 Å². The molecule has 1 rings (SSSR count). The zero-order valence-electron chi connectivity index (χ0n) is 13.4. The van der Waals surface area contributed by atoms with E-state index < -0.39 is 42.1 Å². The lowest BCUT2D eigenvalue weighted by Gasteiger charge is -2.20. The summed E-state index contributed by atoms with van der Waals surface area (Å²) in [5, 5.41) is 11.4. The number of carboxylic acid groups (broad SMARTS) is 1. The van der Waals surface area contributed by atoms with Crippen molar-refractivity contribution in [3.63, 3.8) is 0 Å². The molecule has 5 nitrogen and oxygen atoms in total. The van der Waals surface area contributed by atoms with E-state index in [0.29, 0.717) is 6.42 Å². The Bertz CT molecular complexity index is 588. The van der Waals surface area contributed by atoms with Gasteiger partial charge < -0.3 is 16.2 Å². The molecule has 24 heavy (non-hydrogen) atoms. The van der Waals surface area contributed by atoms with Gasteiger partial charge in [0.05, 0.1) is 11.6 Å². The minimum atomic E-state index is -4.60. The lowest BCUT2D eigenvalue weighted by Crippen LogP contribution is -2.49. The molecule has 2 atom stereocenters. The van der Waals surface area contributed by atoms with Crippen molar-refractivity contribution >= 4 is 11.9 Å². The largest absolute Gasteiger partial charge is 0.480 e. The van der Waals surface area contributed by atoms with Crippen molar-refractivity contribution in [3.8, 4) is 0 Å². The number of carbonyl (C=O) groups excluding carboxylic acids is 1. The van der Waals surface area contributed by atoms with Crippen LogP contribution in [0.5, 0.6) is 0 Å². The zero-order valence-corrected chi connectivity index (χ0v) is 13.4. The van der Waals surface area contributed by atoms with Gasteiger partial charge in [0.2, 0.25) is 5.91 Å². The van der Waals surface area contributed by atoms with E-state index in [-0.39, 0.29) is 11.5 Å². The van der Waals surface area contributed by atoms with Crippen LogP contribution in [0.3, 0.4) is 0 Å². The summed E-state index contributed by atoms with van der Waals surface area (Å²) in [6, 6.07) is 2.28. The molecule has 1 aromatic rings. The van der Waals surface area contributed by atoms with E-state index in [0.717, 1.165) is 6.07 Å². The molecule has 1 amide bonds. The Labute approximate surface area is 138 Å². The number of carbonyl (C=O) groups is 2. The summed E-state index contributed by atoms with van der Waals surface area (Å²) in [6.07, 6.45) is -4.74. The summed E-state index contributed by atoms with van der Waals surface area (Å²) < 4.78 is 38.9. The van der Waals surface area contributed by atoms with E-state index in [9.17, 15) is 27.9 Å². The van der Waals surface area contributed by atoms with Crippen molar-refractivity contribution < 1.29 is 27.9 Å². The molecule has 0 unspecified atom stereocenters. The normalized spacial score (nSPS) is 14.3. The van der Waals surface area contributed by atoms with E-state index in [1.807, 2.05) is 13.8 Å². The van der Waals surface area contributed by atoms with Crippen molar-refractivity contribution in [1.82, 2.24) is 5.32 Å². The van der Waals surface area contributed by atoms with Gasteiger partial charge in [-0.05, 0) is 24.0 Å². The predicted octanol–water partition coefficient (Wildman–Crippen LogP) is 2.19. The third-order valence-electron chi connectivity index (χ3n) is 3.42. The van der Waals surface area contributed by atoms with Crippen LogP contribution in [0.1, 0.15) is 31.4 Å². The maximum Gasteiger partial charge on any atom is 0.416 e. The molecule has 0 aliphatic heterocycles. The molecule has 4 N–H and O–H groups in total. The Morgan fingerprint density at radius 2 is 1.83 bits per heavy atom. The van der Waals surface area contributed by atoms with E-state index in [2.05, 4.69) is 5.32 Å². The van der Waals surface area contributed by atoms with Crippen molar-refractivity contribution in [2.24, 2.45) is 11.7 Å². The number of halogens is 3. The molecule has 0 heterocycles. The molecular formula is C16H21F3N2O3. The molecule has 0 fully saturated rings. The fraction of sp³-hybridized carbons (Fsp3) is 0.500. The van der Waals surface area contributed by atoms with Gasteiger partial charge in [0, 0.05) is 6.42 Å². The van der Waals surface area contributed by atoms with Gasteiger partial charge in [-0.15, -0.1) is 0 Å². The minimum Gasteiger partial charge on any atom is -0.480 e. The fourth-order valence-electron chi connectivity index (χ4n) is 2.29. The van der Waals surface area contributed by atoms with Crippen LogP contribution >= 0.6 is 0 Å². The highest BCUT2D eigenvalue weighted by Crippen LogP contribution is 2.32. The number of benzene rings is 1. The van der Waals surface area contributed by atoms with Crippen molar-refractivity contribution in [1.29, 1.82) is 0 Å². The van der Waals surface area contributed by atoms with Crippen LogP contribution in [0.2, 0.25) is 0 Å². The number of amides is 1. The number of alkyl halides is 3. The van der Waals surface area contributed by atoms with Crippen LogP contribution < -0.4 is 11.1 Å². The van der Waals surface area contributed by atoms with E-state index in [1.54, 1.807) is 0 Å². The molecule has 8 heteroatoms. The minimum absolute atomic E-state index is 0.125. The van der Waals surface area contributed by atoms with Crippen LogP contribution in [0.4, 0.5) is 13.2 Å². The van der Waals surface area contributed by atoms with Crippen molar-refractivity contribution in [2.75, 3.05) is 0 Å². The number of carboxylic acids is 1. The van der Waals surface area contributed by atoms with Crippen LogP contribution in [0.15, 0.2) is 24.3 Å². The maximum atomic E-state index is 13.0. The van der Waals surface area contributed by atoms with Gasteiger partial charge in [-0.1, -0.05) is 32.0 Å². The molecule has 0 spiro atoms. The van der Waals surface area contributed by atoms with Gasteiger partial charge >= 0.3 is 12.1 Å². The molecule has 0 aliphatic carbocycles. The summed E-state index contributed by atoms with van der Waals surface area (Å²) in [4.78, 5) is 23.3. The second kappa shape index (κ2) is 8.14. The molecule has 0 aliphatic rings. The monoisotopic (exact) mass is 346 g/mol. The summed E-state index contributed by atoms with van der Waals surface area (Å²) in [6.45, 7) is 3.70. The average molecular weight is 346 g/mol. The Morgan fingerprint density at radius 3 is 2.33 bits per heavy atom. The smallest absolute Gasteiger partial charge is 0.416 e. The first kappa shape index (κ1) is 20.0. The predicted molar refractivity (Wildman–Crippen MR) is 82.1 cm³/mol. The van der Waals surface area contributed by atoms with Crippen molar-refractivity contribution in [2.45, 2.75) is 44.9 Å². The molecule has 0 aromatic heterocycles. The summed E-state index contributed by atoms with van der Waals surface area (Å²) in [7, 11) is 0. The van der Waals surface area contributed by atoms with Gasteiger partial charge in [-0.25, -0.2) is 4.79 Å². The number of hydrogen-bond acceptors (Lipinski definition) is 3. The van der Waals surface area contributed by atoms with Crippen LogP contribution in [-0.4, -0.2) is 29.1 Å². The number of nitrogens with two attached hydrogens (primary N) is 1. The SMILES string of the molecule is CC(C)C[C@H](N)C(=O)N[C@@H](Cc1ccccc1C(F)(F)F)C(=O)O. The highest BCUT2D eigenvalue weighted by molar-refractivity contribution is 5.86. The Morgan fingerprint density at radius 1 is 1.25 bits per heavy atom. The highest BCUT2D eigenvalue weighted by atomic mass is 19.4. The molecular weight excluding hydrogens is 325 g/mol. The zero-order chi connectivity index (χ0) is 18.5. The van der Waals surface area contributed by atoms with Gasteiger partial charge in [-0.3, -0.25) is 4.79 Å². The molecule has 0 saturated carbocycles. The second-order valence-corrected chi connectivity index (χ2v) is 5.99. The first-order valence-corrected chi connectivity index (χ1v) is 7.46. The quantitative estimate of drug-likeness (QED) is 0.706. The van der Waals surface area contributed by atoms with Gasteiger partial charge in [0.15, 0.2) is 0 Å². The fourth-order valence-corrected chi connectivity index (χ4v) is 2.29. The molecule has 0 radical (unpaired) electrons. The van der Waals surface area contributed by atoms with Crippen LogP contribution in [0, 0.1) is 5.92 Å². The molecule has 134 valence electrons. The third-order valence-corrected chi connectivity index (χ3v) is 3.42. The second-order valence-electron chi connectivity index (χ2n) is 5.99. The third kappa shape index (κ3) is 5.84. The average Bonchev–Trinajstić information content (AvgIpc) is 2.45. The maximum absolute atomic E-state index is 13.0. The first-order chi connectivity index (χ1) is 11.0. The van der Waals surface area contributed by atoms with Gasteiger partial charge in [0.25, 0.3) is 0 Å². The number of hydrogen-bond donors (Lipinski definition) is 3. The van der Waals surface area contributed by atoms with E-state index >= 15 is 0 Å². The first-order valence-electron chi connectivity index (χ1n) is 7.46. The topological polar surface area (TPSA) is 92.4 Å². The lowest BCUT2D eigenvalue weighted by molar-refractivity contribution is -0.143. The standard InChI is InChI=1S/C16H21F3N2O3/c1-9(2)7-12(20)14(22)21-13(15(23)24)8-10-5-3-4-6-11(10)16(17,18)19/h3-6,9,12-13H,7-8,20H2,1-2H3,(H,21,22)(H,23,24)/t12-,13-/m0/s1. The summed E-state index contributed by atoms with van der Waals surface area (Å²) in [5.74, 6) is -1.99. The van der Waals surface area contributed by atoms with Crippen molar-refractivity contribution in [3.05, 3.63) is 35.4 Å². The Balaban J connectivity index is 2.93. The van der Waals surface area contributed by atoms with E-state index in [1.165, 1.54) is 18.2 Å². The Hall–Kier alpha value is -2.09. The number of nitrogens with one attached hydrogen (secondary N) is 1. The lowest BCUT2D eigenvalue weighted by atomic mass is 9.99. The number of aliphatic carboxylic acids is 1. The number of rotatable bonds is 7. The highest BCUT2D eigenvalue weighted by Gasteiger charge is 2.34. The van der Waals surface area contributed by atoms with Crippen LogP contribution in [0.25, 0.3) is 0 Å². The summed E-state index contributed by atoms with van der Waals surface area (Å²) >= 11 is 0. The van der Waals surface area contributed by atoms with E-state index in [4.69, 9.17) is 5.73 Å². The molecule has 1 aromatic carbocycles. The molecule has 0 saturated heterocycles. The van der Waals surface area contributed by atoms with Crippen LogP contribution in [-0.2, 0) is 22.2 Å². The molecule has 0 bridgehead atoms. The Kier molecular flexibility index (Phi) is 6.77. The van der Waals surface area contributed by atoms with Gasteiger partial charge in [0.1, 0.15) is 6.04 Å². The summed E-state index contributed by atoms with van der Waals surface area (Å²) in [5.41, 5.74) is 4.56.